The summed E-state index contributed by atoms with van der Waals surface area (Å²) < 4.78 is 19.9. The van der Waals surface area contributed by atoms with Crippen molar-refractivity contribution in [1.82, 2.24) is 0 Å². The number of ether oxygens (including phenoxy) is 4. The standard InChI is InChI=1S/C17H26O7/c1-4-15(19)23-9-14(18)16-12(3)7-6-8-13(16)17(20)24-11-22-10-21-5-2/h4,12-13,16H,1,5-11H2,2-3H3. The second-order valence-electron chi connectivity index (χ2n) is 5.71. The zero-order chi connectivity index (χ0) is 17.9. The minimum absolute atomic E-state index is 0.0237. The summed E-state index contributed by atoms with van der Waals surface area (Å²) in [6, 6.07) is 0. The lowest BCUT2D eigenvalue weighted by molar-refractivity contribution is -0.177. The van der Waals surface area contributed by atoms with Gasteiger partial charge < -0.3 is 18.9 Å². The zero-order valence-electron chi connectivity index (χ0n) is 14.3. The molecule has 3 atom stereocenters. The molecule has 0 aromatic heterocycles. The van der Waals surface area contributed by atoms with E-state index in [1.807, 2.05) is 13.8 Å². The van der Waals surface area contributed by atoms with Crippen LogP contribution in [0.2, 0.25) is 0 Å². The van der Waals surface area contributed by atoms with Gasteiger partial charge in [-0.15, -0.1) is 0 Å². The van der Waals surface area contributed by atoms with E-state index in [-0.39, 0.29) is 31.9 Å². The molecular formula is C17H26O7. The van der Waals surface area contributed by atoms with Crippen molar-refractivity contribution in [3.8, 4) is 0 Å². The number of hydrogen-bond donors (Lipinski definition) is 0. The summed E-state index contributed by atoms with van der Waals surface area (Å²) in [6.45, 7) is 7.01. The Morgan fingerprint density at radius 1 is 1.12 bits per heavy atom. The Morgan fingerprint density at radius 2 is 1.88 bits per heavy atom. The fourth-order valence-electron chi connectivity index (χ4n) is 2.90. The van der Waals surface area contributed by atoms with Gasteiger partial charge in [0.05, 0.1) is 5.92 Å². The van der Waals surface area contributed by atoms with Gasteiger partial charge in [0.15, 0.2) is 26.0 Å². The van der Waals surface area contributed by atoms with Crippen LogP contribution in [0.3, 0.4) is 0 Å². The molecule has 1 rings (SSSR count). The molecule has 1 aliphatic rings. The van der Waals surface area contributed by atoms with E-state index in [0.717, 1.165) is 18.9 Å². The number of Topliss-reactive ketones (excluding diaryl/α,β-unsaturated/α-hetero) is 1. The molecule has 1 saturated carbocycles. The predicted molar refractivity (Wildman–Crippen MR) is 84.7 cm³/mol. The third-order valence-electron chi connectivity index (χ3n) is 4.07. The molecule has 0 N–H and O–H groups in total. The summed E-state index contributed by atoms with van der Waals surface area (Å²) in [7, 11) is 0. The normalized spacial score (nSPS) is 23.3. The Hall–Kier alpha value is -1.73. The van der Waals surface area contributed by atoms with Gasteiger partial charge in [-0.25, -0.2) is 4.79 Å². The maximum Gasteiger partial charge on any atom is 0.330 e. The summed E-state index contributed by atoms with van der Waals surface area (Å²) in [4.78, 5) is 35.8. The summed E-state index contributed by atoms with van der Waals surface area (Å²) in [5.74, 6) is -2.43. The fraction of sp³-hybridized carbons (Fsp3) is 0.706. The first-order valence-electron chi connectivity index (χ1n) is 8.15. The lowest BCUT2D eigenvalue weighted by Crippen LogP contribution is -2.40. The van der Waals surface area contributed by atoms with Gasteiger partial charge in [0.25, 0.3) is 0 Å². The third kappa shape index (κ3) is 6.41. The Labute approximate surface area is 142 Å². The van der Waals surface area contributed by atoms with Gasteiger partial charge in [0.1, 0.15) is 0 Å². The second-order valence-corrected chi connectivity index (χ2v) is 5.71. The van der Waals surface area contributed by atoms with Gasteiger partial charge in [-0.1, -0.05) is 19.9 Å². The molecule has 0 saturated heterocycles. The molecule has 136 valence electrons. The monoisotopic (exact) mass is 342 g/mol. The zero-order valence-corrected chi connectivity index (χ0v) is 14.3. The van der Waals surface area contributed by atoms with Crippen molar-refractivity contribution < 1.29 is 33.3 Å². The fourth-order valence-corrected chi connectivity index (χ4v) is 2.90. The SMILES string of the molecule is C=CC(=O)OCC(=O)C1C(C)CCCC1C(=O)OCOCOCC. The summed E-state index contributed by atoms with van der Waals surface area (Å²) in [5, 5.41) is 0. The Kier molecular flexibility index (Phi) is 9.26. The van der Waals surface area contributed by atoms with E-state index in [0.29, 0.717) is 13.0 Å². The Balaban J connectivity index is 2.57. The van der Waals surface area contributed by atoms with Crippen LogP contribution in [0.5, 0.6) is 0 Å². The first-order valence-corrected chi connectivity index (χ1v) is 8.15. The van der Waals surface area contributed by atoms with Crippen LogP contribution in [0.4, 0.5) is 0 Å². The van der Waals surface area contributed by atoms with Crippen LogP contribution >= 0.6 is 0 Å². The molecular weight excluding hydrogens is 316 g/mol. The van der Waals surface area contributed by atoms with Crippen LogP contribution in [-0.2, 0) is 33.3 Å². The van der Waals surface area contributed by atoms with Gasteiger partial charge >= 0.3 is 11.9 Å². The van der Waals surface area contributed by atoms with Crippen molar-refractivity contribution >= 4 is 17.7 Å². The van der Waals surface area contributed by atoms with Crippen molar-refractivity contribution in [3.63, 3.8) is 0 Å². The van der Waals surface area contributed by atoms with E-state index in [1.54, 1.807) is 0 Å². The van der Waals surface area contributed by atoms with Gasteiger partial charge in [-0.2, -0.15) is 0 Å². The van der Waals surface area contributed by atoms with Crippen molar-refractivity contribution in [2.45, 2.75) is 33.1 Å². The molecule has 1 aliphatic carbocycles. The summed E-state index contributed by atoms with van der Waals surface area (Å²) in [6.07, 6.45) is 3.26. The maximum absolute atomic E-state index is 12.4. The van der Waals surface area contributed by atoms with Crippen LogP contribution < -0.4 is 0 Å². The number of hydrogen-bond acceptors (Lipinski definition) is 7. The maximum atomic E-state index is 12.4. The number of esters is 2. The van der Waals surface area contributed by atoms with Crippen LogP contribution in [0.25, 0.3) is 0 Å². The topological polar surface area (TPSA) is 88.1 Å². The summed E-state index contributed by atoms with van der Waals surface area (Å²) in [5.41, 5.74) is 0. The van der Waals surface area contributed by atoms with E-state index in [2.05, 4.69) is 6.58 Å². The minimum atomic E-state index is -0.657. The van der Waals surface area contributed by atoms with Crippen LogP contribution in [0, 0.1) is 17.8 Å². The Bertz CT molecular complexity index is 446. The van der Waals surface area contributed by atoms with Crippen molar-refractivity contribution in [3.05, 3.63) is 12.7 Å². The first kappa shape index (κ1) is 20.3. The lowest BCUT2D eigenvalue weighted by Gasteiger charge is -2.33. The Morgan fingerprint density at radius 3 is 2.54 bits per heavy atom. The number of carbonyl (C=O) groups is 3. The molecule has 0 aromatic rings. The van der Waals surface area contributed by atoms with Gasteiger partial charge in [0, 0.05) is 18.6 Å². The molecule has 0 bridgehead atoms. The van der Waals surface area contributed by atoms with E-state index < -0.39 is 23.8 Å². The second kappa shape index (κ2) is 10.9. The number of ketones is 1. The molecule has 7 nitrogen and oxygen atoms in total. The number of carbonyl (C=O) groups excluding carboxylic acids is 3. The molecule has 0 aliphatic heterocycles. The highest BCUT2D eigenvalue weighted by Crippen LogP contribution is 2.36. The lowest BCUT2D eigenvalue weighted by atomic mass is 9.71. The van der Waals surface area contributed by atoms with Crippen molar-refractivity contribution in [2.24, 2.45) is 17.8 Å². The van der Waals surface area contributed by atoms with Gasteiger partial charge in [-0.05, 0) is 25.7 Å². The highest BCUT2D eigenvalue weighted by molar-refractivity contribution is 5.90. The molecule has 0 amide bonds. The highest BCUT2D eigenvalue weighted by atomic mass is 16.7. The molecule has 1 fully saturated rings. The minimum Gasteiger partial charge on any atom is -0.455 e. The average molecular weight is 342 g/mol. The van der Waals surface area contributed by atoms with E-state index >= 15 is 0 Å². The molecule has 3 unspecified atom stereocenters. The molecule has 0 spiro atoms. The number of rotatable bonds is 10. The summed E-state index contributed by atoms with van der Waals surface area (Å²) >= 11 is 0. The molecule has 24 heavy (non-hydrogen) atoms. The molecule has 0 aromatic carbocycles. The third-order valence-corrected chi connectivity index (χ3v) is 4.07. The van der Waals surface area contributed by atoms with Crippen molar-refractivity contribution in [2.75, 3.05) is 26.8 Å². The first-order chi connectivity index (χ1) is 11.5. The largest absolute Gasteiger partial charge is 0.455 e. The van der Waals surface area contributed by atoms with Crippen LogP contribution in [-0.4, -0.2) is 44.5 Å². The van der Waals surface area contributed by atoms with Gasteiger partial charge in [-0.3, -0.25) is 9.59 Å². The molecule has 0 radical (unpaired) electrons. The average Bonchev–Trinajstić information content (AvgIpc) is 2.58. The molecule has 7 heteroatoms. The van der Waals surface area contributed by atoms with E-state index in [4.69, 9.17) is 18.9 Å². The van der Waals surface area contributed by atoms with E-state index in [9.17, 15) is 14.4 Å². The van der Waals surface area contributed by atoms with Gasteiger partial charge in [0.2, 0.25) is 0 Å². The quantitative estimate of drug-likeness (QED) is 0.259. The predicted octanol–water partition coefficient (Wildman–Crippen LogP) is 1.85. The van der Waals surface area contributed by atoms with Crippen molar-refractivity contribution in [1.29, 1.82) is 0 Å². The van der Waals surface area contributed by atoms with E-state index in [1.165, 1.54) is 0 Å². The van der Waals surface area contributed by atoms with Crippen LogP contribution in [0.1, 0.15) is 33.1 Å². The highest BCUT2D eigenvalue weighted by Gasteiger charge is 2.41. The smallest absolute Gasteiger partial charge is 0.330 e. The molecule has 0 heterocycles. The van der Waals surface area contributed by atoms with Crippen LogP contribution in [0.15, 0.2) is 12.7 Å².